The van der Waals surface area contributed by atoms with E-state index in [4.69, 9.17) is 15.9 Å². The second kappa shape index (κ2) is 9.42. The normalized spacial score (nSPS) is 13.1. The van der Waals surface area contributed by atoms with Gasteiger partial charge in [0.15, 0.2) is 0 Å². The summed E-state index contributed by atoms with van der Waals surface area (Å²) in [4.78, 5) is 20.0. The number of ether oxygens (including phenoxy) is 1. The number of hydrogen-bond donors (Lipinski definition) is 3. The fraction of sp³-hybridized carbons (Fsp3) is 0.778. The third-order valence-corrected chi connectivity index (χ3v) is 1.38. The summed E-state index contributed by atoms with van der Waals surface area (Å²) >= 11 is 0. The zero-order valence-corrected chi connectivity index (χ0v) is 9.27. The lowest BCUT2D eigenvalue weighted by atomic mass is 10.2. The van der Waals surface area contributed by atoms with Gasteiger partial charge in [0.25, 0.3) is 0 Å². The molecule has 0 spiro atoms. The average Bonchev–Trinajstić information content (AvgIpc) is 2.17. The molecule has 0 aromatic heterocycles. The van der Waals surface area contributed by atoms with Gasteiger partial charge in [-0.2, -0.15) is 0 Å². The number of carboxylic acid groups (broad SMARTS) is 1. The van der Waals surface area contributed by atoms with Crippen molar-refractivity contribution in [3.05, 3.63) is 0 Å². The van der Waals surface area contributed by atoms with Gasteiger partial charge < -0.3 is 20.7 Å². The van der Waals surface area contributed by atoms with Crippen molar-refractivity contribution in [3.8, 4) is 0 Å². The van der Waals surface area contributed by atoms with Crippen LogP contribution in [0.3, 0.4) is 0 Å². The highest BCUT2D eigenvalue weighted by Crippen LogP contribution is 1.91. The second-order valence-electron chi connectivity index (χ2n) is 2.77. The van der Waals surface area contributed by atoms with E-state index < -0.39 is 24.1 Å². The quantitative estimate of drug-likeness (QED) is 0.564. The summed E-state index contributed by atoms with van der Waals surface area (Å²) in [5.41, 5.74) is 5.22. The fourth-order valence-corrected chi connectivity index (χ4v) is 0.435. The Labute approximate surface area is 89.0 Å². The molecule has 0 unspecified atom stereocenters. The Morgan fingerprint density at radius 2 is 1.80 bits per heavy atom. The van der Waals surface area contributed by atoms with Gasteiger partial charge in [0.05, 0.1) is 12.7 Å². The summed E-state index contributed by atoms with van der Waals surface area (Å²) in [6.07, 6.45) is -0.626. The van der Waals surface area contributed by atoms with Crippen molar-refractivity contribution < 1.29 is 24.5 Å². The Kier molecular flexibility index (Phi) is 10.2. The summed E-state index contributed by atoms with van der Waals surface area (Å²) in [5, 5.41) is 16.5. The molecule has 0 aliphatic rings. The van der Waals surface area contributed by atoms with Crippen molar-refractivity contribution in [3.63, 3.8) is 0 Å². The summed E-state index contributed by atoms with van der Waals surface area (Å²) in [5.74, 6) is -1.30. The summed E-state index contributed by atoms with van der Waals surface area (Å²) in [6, 6.07) is -0.917. The van der Waals surface area contributed by atoms with Crippen LogP contribution >= 0.6 is 0 Å². The molecule has 0 bridgehead atoms. The first-order valence-corrected chi connectivity index (χ1v) is 4.68. The molecule has 6 heteroatoms. The minimum absolute atomic E-state index is 0.222. The molecule has 0 heterocycles. The molecule has 90 valence electrons. The van der Waals surface area contributed by atoms with Gasteiger partial charge in [-0.25, -0.2) is 0 Å². The van der Waals surface area contributed by atoms with E-state index in [1.165, 1.54) is 6.92 Å². The molecular formula is C9H19NO5. The van der Waals surface area contributed by atoms with Gasteiger partial charge in [0, 0.05) is 6.42 Å². The Morgan fingerprint density at radius 1 is 1.40 bits per heavy atom. The minimum atomic E-state index is -0.917. The van der Waals surface area contributed by atoms with Crippen LogP contribution in [-0.2, 0) is 14.3 Å². The summed E-state index contributed by atoms with van der Waals surface area (Å²) in [7, 11) is 0. The predicted octanol–water partition coefficient (Wildman–Crippen LogP) is -0.261. The topological polar surface area (TPSA) is 110 Å². The van der Waals surface area contributed by atoms with Crippen LogP contribution in [0.25, 0.3) is 0 Å². The van der Waals surface area contributed by atoms with Gasteiger partial charge in [0.1, 0.15) is 6.04 Å². The first-order chi connectivity index (χ1) is 6.86. The molecule has 0 saturated carbocycles. The van der Waals surface area contributed by atoms with Crippen molar-refractivity contribution in [1.82, 2.24) is 0 Å². The molecule has 0 fully saturated rings. The number of rotatable bonds is 4. The predicted molar refractivity (Wildman–Crippen MR) is 54.2 cm³/mol. The van der Waals surface area contributed by atoms with E-state index >= 15 is 0 Å². The molecule has 15 heavy (non-hydrogen) atoms. The van der Waals surface area contributed by atoms with E-state index in [-0.39, 0.29) is 6.42 Å². The molecule has 0 aliphatic carbocycles. The third-order valence-electron chi connectivity index (χ3n) is 1.38. The molecule has 2 atom stereocenters. The lowest BCUT2D eigenvalue weighted by Gasteiger charge is -2.11. The maximum atomic E-state index is 10.7. The maximum Gasteiger partial charge on any atom is 0.325 e. The largest absolute Gasteiger partial charge is 0.481 e. The van der Waals surface area contributed by atoms with Crippen molar-refractivity contribution >= 4 is 11.9 Å². The van der Waals surface area contributed by atoms with Gasteiger partial charge in [-0.3, -0.25) is 9.59 Å². The fourth-order valence-electron chi connectivity index (χ4n) is 0.435. The van der Waals surface area contributed by atoms with Crippen LogP contribution in [-0.4, -0.2) is 40.9 Å². The summed E-state index contributed by atoms with van der Waals surface area (Å²) < 4.78 is 4.54. The van der Waals surface area contributed by atoms with Crippen molar-refractivity contribution in [2.75, 3.05) is 6.61 Å². The van der Waals surface area contributed by atoms with Crippen molar-refractivity contribution in [2.45, 2.75) is 39.3 Å². The number of aliphatic carboxylic acids is 1. The molecule has 0 saturated heterocycles. The highest BCUT2D eigenvalue weighted by Gasteiger charge is 2.19. The highest BCUT2D eigenvalue weighted by molar-refractivity contribution is 5.76. The van der Waals surface area contributed by atoms with E-state index in [1.807, 2.05) is 0 Å². The Balaban J connectivity index is 0. The smallest absolute Gasteiger partial charge is 0.325 e. The van der Waals surface area contributed by atoms with Crippen LogP contribution in [0.4, 0.5) is 0 Å². The number of aliphatic hydroxyl groups is 1. The summed E-state index contributed by atoms with van der Waals surface area (Å²) in [6.45, 7) is 5.02. The number of esters is 1. The van der Waals surface area contributed by atoms with Gasteiger partial charge >= 0.3 is 11.9 Å². The van der Waals surface area contributed by atoms with E-state index in [0.717, 1.165) is 0 Å². The van der Waals surface area contributed by atoms with E-state index in [9.17, 15) is 9.59 Å². The molecule has 6 nitrogen and oxygen atoms in total. The standard InChI is InChI=1S/C6H13NO3.C3H6O2/c1-3-10-6(9)5(7)4(2)8;1-2-3(4)5/h4-5,8H,3,7H2,1-2H3;2H2,1H3,(H,4,5)/t4-,5+;/m1./s1. The first-order valence-electron chi connectivity index (χ1n) is 4.68. The Morgan fingerprint density at radius 3 is 2.00 bits per heavy atom. The minimum Gasteiger partial charge on any atom is -0.481 e. The molecule has 0 rings (SSSR count). The zero-order valence-electron chi connectivity index (χ0n) is 9.27. The molecule has 0 aromatic carbocycles. The number of nitrogens with two attached hydrogens (primary N) is 1. The lowest BCUT2D eigenvalue weighted by molar-refractivity contribution is -0.147. The molecule has 0 aliphatic heterocycles. The van der Waals surface area contributed by atoms with E-state index in [2.05, 4.69) is 4.74 Å². The zero-order chi connectivity index (χ0) is 12.4. The lowest BCUT2D eigenvalue weighted by Crippen LogP contribution is -2.41. The van der Waals surface area contributed by atoms with Gasteiger partial charge in [-0.05, 0) is 13.8 Å². The number of hydrogen-bond acceptors (Lipinski definition) is 5. The third kappa shape index (κ3) is 10.8. The maximum absolute atomic E-state index is 10.7. The Bertz CT molecular complexity index is 193. The molecule has 0 amide bonds. The second-order valence-corrected chi connectivity index (χ2v) is 2.77. The van der Waals surface area contributed by atoms with Gasteiger partial charge in [-0.15, -0.1) is 0 Å². The van der Waals surface area contributed by atoms with E-state index in [0.29, 0.717) is 6.61 Å². The van der Waals surface area contributed by atoms with Crippen LogP contribution in [0.15, 0.2) is 0 Å². The average molecular weight is 221 g/mol. The SMILES string of the molecule is CCC(=O)O.CCOC(=O)[C@@H](N)[C@@H](C)O. The van der Waals surface area contributed by atoms with Crippen LogP contribution in [0, 0.1) is 0 Å². The van der Waals surface area contributed by atoms with Gasteiger partial charge in [0.2, 0.25) is 0 Å². The number of carbonyl (C=O) groups is 2. The Hall–Kier alpha value is -1.14. The molecule has 0 radical (unpaired) electrons. The first kappa shape index (κ1) is 16.3. The van der Waals surface area contributed by atoms with Crippen LogP contribution < -0.4 is 5.73 Å². The van der Waals surface area contributed by atoms with Crippen LogP contribution in [0.5, 0.6) is 0 Å². The molecule has 4 N–H and O–H groups in total. The number of carboxylic acids is 1. The molecular weight excluding hydrogens is 202 g/mol. The monoisotopic (exact) mass is 221 g/mol. The highest BCUT2D eigenvalue weighted by atomic mass is 16.5. The number of aliphatic hydroxyl groups excluding tert-OH is 1. The molecule has 0 aromatic rings. The van der Waals surface area contributed by atoms with Crippen LogP contribution in [0.2, 0.25) is 0 Å². The van der Waals surface area contributed by atoms with E-state index in [1.54, 1.807) is 13.8 Å². The number of carbonyl (C=O) groups excluding carboxylic acids is 1. The van der Waals surface area contributed by atoms with Crippen LogP contribution in [0.1, 0.15) is 27.2 Å². The van der Waals surface area contributed by atoms with Gasteiger partial charge in [-0.1, -0.05) is 6.92 Å². The van der Waals surface area contributed by atoms with Crippen molar-refractivity contribution in [2.24, 2.45) is 5.73 Å². The van der Waals surface area contributed by atoms with Crippen molar-refractivity contribution in [1.29, 1.82) is 0 Å².